The maximum atomic E-state index is 12.7. The number of likely N-dealkylation sites (tertiary alicyclic amines) is 1. The highest BCUT2D eigenvalue weighted by Crippen LogP contribution is 2.29. The molecule has 0 spiro atoms. The Morgan fingerprint density at radius 2 is 1.91 bits per heavy atom. The summed E-state index contributed by atoms with van der Waals surface area (Å²) in [4.78, 5) is 29.4. The summed E-state index contributed by atoms with van der Waals surface area (Å²) in [5.74, 6) is 0.834. The van der Waals surface area contributed by atoms with Gasteiger partial charge in [0.2, 0.25) is 5.91 Å². The van der Waals surface area contributed by atoms with E-state index >= 15 is 0 Å². The zero-order valence-corrected chi connectivity index (χ0v) is 20.1. The number of benzene rings is 2. The molecule has 3 amide bonds. The van der Waals surface area contributed by atoms with E-state index in [-0.39, 0.29) is 23.6 Å². The van der Waals surface area contributed by atoms with E-state index in [0.29, 0.717) is 49.1 Å². The molecule has 8 nitrogen and oxygen atoms in total. The van der Waals surface area contributed by atoms with Gasteiger partial charge in [-0.15, -0.1) is 0 Å². The molecule has 4 rings (SSSR count). The van der Waals surface area contributed by atoms with Crippen molar-refractivity contribution in [2.45, 2.75) is 19.3 Å². The van der Waals surface area contributed by atoms with Crippen molar-refractivity contribution in [3.63, 3.8) is 0 Å². The van der Waals surface area contributed by atoms with E-state index in [1.807, 2.05) is 18.2 Å². The van der Waals surface area contributed by atoms with Gasteiger partial charge in [0.15, 0.2) is 0 Å². The first-order chi connectivity index (χ1) is 16.4. The first-order valence-corrected chi connectivity index (χ1v) is 12.0. The molecular weight excluding hydrogens is 456 g/mol. The number of carbonyl (C=O) groups is 2. The molecule has 182 valence electrons. The Bertz CT molecular complexity index is 1030. The number of urea groups is 1. The smallest absolute Gasteiger partial charge is 0.317 e. The number of rotatable bonds is 6. The second-order valence-corrected chi connectivity index (χ2v) is 9.34. The number of nitrogens with one attached hydrogen (secondary N) is 2. The minimum Gasteiger partial charge on any atom is -0.506 e. The van der Waals surface area contributed by atoms with Crippen molar-refractivity contribution in [3.05, 3.63) is 47.5 Å². The van der Waals surface area contributed by atoms with Crippen LogP contribution < -0.4 is 20.3 Å². The monoisotopic (exact) mass is 486 g/mol. The SMILES string of the molecule is COc1cccc(N2CCC(CNC(=O)N3CCC(C(=O)Nc4cc(Cl)ccc4O)CC3)C2)c1. The molecule has 2 aliphatic heterocycles. The average Bonchev–Trinajstić information content (AvgIpc) is 3.34. The number of hydrogen-bond donors (Lipinski definition) is 3. The fraction of sp³-hybridized carbons (Fsp3) is 0.440. The van der Waals surface area contributed by atoms with E-state index in [9.17, 15) is 14.7 Å². The van der Waals surface area contributed by atoms with E-state index in [4.69, 9.17) is 16.3 Å². The molecule has 2 fully saturated rings. The van der Waals surface area contributed by atoms with Crippen LogP contribution in [0.5, 0.6) is 11.5 Å². The van der Waals surface area contributed by atoms with Gasteiger partial charge in [0, 0.05) is 55.4 Å². The number of nitrogens with zero attached hydrogens (tertiary/aromatic N) is 2. The normalized spacial score (nSPS) is 18.6. The third-order valence-corrected chi connectivity index (χ3v) is 6.85. The topological polar surface area (TPSA) is 94.1 Å². The summed E-state index contributed by atoms with van der Waals surface area (Å²) in [6, 6.07) is 12.5. The van der Waals surface area contributed by atoms with Gasteiger partial charge in [-0.05, 0) is 55.5 Å². The number of halogens is 1. The molecule has 1 atom stereocenters. The number of hydrogen-bond acceptors (Lipinski definition) is 5. The Kier molecular flexibility index (Phi) is 7.67. The van der Waals surface area contributed by atoms with E-state index in [2.05, 4.69) is 21.6 Å². The van der Waals surface area contributed by atoms with Crippen LogP contribution in [0.1, 0.15) is 19.3 Å². The molecule has 2 saturated heterocycles. The number of phenolic OH excluding ortho intramolecular Hbond substituents is 1. The predicted molar refractivity (Wildman–Crippen MR) is 133 cm³/mol. The van der Waals surface area contributed by atoms with Crippen LogP contribution >= 0.6 is 11.6 Å². The second-order valence-electron chi connectivity index (χ2n) is 8.90. The van der Waals surface area contributed by atoms with Crippen molar-refractivity contribution in [1.29, 1.82) is 0 Å². The highest BCUT2D eigenvalue weighted by molar-refractivity contribution is 6.31. The van der Waals surface area contributed by atoms with Gasteiger partial charge in [-0.3, -0.25) is 4.79 Å². The quantitative estimate of drug-likeness (QED) is 0.538. The summed E-state index contributed by atoms with van der Waals surface area (Å²) >= 11 is 5.95. The van der Waals surface area contributed by atoms with Crippen molar-refractivity contribution < 1.29 is 19.4 Å². The number of ether oxygens (including phenoxy) is 1. The summed E-state index contributed by atoms with van der Waals surface area (Å²) < 4.78 is 5.32. The lowest BCUT2D eigenvalue weighted by atomic mass is 9.96. The molecule has 2 heterocycles. The van der Waals surface area contributed by atoms with Gasteiger partial charge in [0.25, 0.3) is 0 Å². The number of phenols is 1. The van der Waals surface area contributed by atoms with Gasteiger partial charge in [0.1, 0.15) is 11.5 Å². The van der Waals surface area contributed by atoms with E-state index in [1.54, 1.807) is 18.1 Å². The predicted octanol–water partition coefficient (Wildman–Crippen LogP) is 3.94. The zero-order chi connectivity index (χ0) is 24.1. The lowest BCUT2D eigenvalue weighted by molar-refractivity contribution is -0.121. The summed E-state index contributed by atoms with van der Waals surface area (Å²) in [6.07, 6.45) is 2.18. The molecule has 0 saturated carbocycles. The molecule has 3 N–H and O–H groups in total. The van der Waals surface area contributed by atoms with Gasteiger partial charge in [-0.2, -0.15) is 0 Å². The van der Waals surface area contributed by atoms with E-state index in [1.165, 1.54) is 12.1 Å². The Balaban J connectivity index is 1.20. The summed E-state index contributed by atoms with van der Waals surface area (Å²) in [7, 11) is 1.67. The third-order valence-electron chi connectivity index (χ3n) is 6.62. The maximum Gasteiger partial charge on any atom is 0.317 e. The molecule has 2 aliphatic rings. The number of anilines is 2. The minimum atomic E-state index is -0.214. The minimum absolute atomic E-state index is 0.0218. The van der Waals surface area contributed by atoms with Crippen LogP contribution in [0.4, 0.5) is 16.2 Å². The average molecular weight is 487 g/mol. The summed E-state index contributed by atoms with van der Waals surface area (Å²) in [5.41, 5.74) is 1.44. The molecule has 2 aromatic carbocycles. The zero-order valence-electron chi connectivity index (χ0n) is 19.3. The fourth-order valence-electron chi connectivity index (χ4n) is 4.57. The number of aromatic hydroxyl groups is 1. The van der Waals surface area contributed by atoms with E-state index < -0.39 is 0 Å². The van der Waals surface area contributed by atoms with E-state index in [0.717, 1.165) is 30.9 Å². The Morgan fingerprint density at radius 1 is 1.12 bits per heavy atom. The Labute approximate surface area is 204 Å². The van der Waals surface area contributed by atoms with Crippen LogP contribution in [-0.4, -0.2) is 61.8 Å². The third kappa shape index (κ3) is 5.86. The lowest BCUT2D eigenvalue weighted by Gasteiger charge is -2.31. The maximum absolute atomic E-state index is 12.7. The van der Waals surface area contributed by atoms with Crippen molar-refractivity contribution >= 4 is 34.9 Å². The van der Waals surface area contributed by atoms with Crippen LogP contribution in [0.3, 0.4) is 0 Å². The van der Waals surface area contributed by atoms with Crippen LogP contribution in [0.25, 0.3) is 0 Å². The molecular formula is C25H31ClN4O4. The first kappa shape index (κ1) is 24.0. The van der Waals surface area contributed by atoms with Gasteiger partial charge >= 0.3 is 6.03 Å². The molecule has 34 heavy (non-hydrogen) atoms. The van der Waals surface area contributed by atoms with Crippen LogP contribution in [0.2, 0.25) is 5.02 Å². The second kappa shape index (κ2) is 10.9. The van der Waals surface area contributed by atoms with Crippen molar-refractivity contribution in [2.75, 3.05) is 50.1 Å². The Hall–Kier alpha value is -3.13. The van der Waals surface area contributed by atoms with Crippen molar-refractivity contribution in [2.24, 2.45) is 11.8 Å². The van der Waals surface area contributed by atoms with Crippen LogP contribution in [0, 0.1) is 11.8 Å². The Morgan fingerprint density at radius 3 is 2.68 bits per heavy atom. The molecule has 9 heteroatoms. The largest absolute Gasteiger partial charge is 0.506 e. The molecule has 0 aliphatic carbocycles. The van der Waals surface area contributed by atoms with Crippen molar-refractivity contribution in [3.8, 4) is 11.5 Å². The number of methoxy groups -OCH3 is 1. The molecule has 0 aromatic heterocycles. The fourth-order valence-corrected chi connectivity index (χ4v) is 4.74. The number of amides is 3. The number of carbonyl (C=O) groups excluding carboxylic acids is 2. The van der Waals surface area contributed by atoms with Crippen molar-refractivity contribution in [1.82, 2.24) is 10.2 Å². The highest BCUT2D eigenvalue weighted by Gasteiger charge is 2.29. The first-order valence-electron chi connectivity index (χ1n) is 11.6. The standard InChI is InChI=1S/C25H31ClN4O4/c1-34-21-4-2-3-20(14-21)30-10-7-17(16-30)15-27-25(33)29-11-8-18(9-12-29)24(32)28-22-13-19(26)5-6-23(22)31/h2-6,13-14,17-18,31H,7-12,15-16H2,1H3,(H,27,33)(H,28,32). The molecule has 1 unspecified atom stereocenters. The van der Waals surface area contributed by atoms with Gasteiger partial charge in [-0.1, -0.05) is 17.7 Å². The van der Waals surface area contributed by atoms with Crippen LogP contribution in [0.15, 0.2) is 42.5 Å². The number of piperidine rings is 1. The summed E-state index contributed by atoms with van der Waals surface area (Å²) in [6.45, 7) is 3.52. The van der Waals surface area contributed by atoms with Crippen LogP contribution in [-0.2, 0) is 4.79 Å². The van der Waals surface area contributed by atoms with Gasteiger partial charge in [-0.25, -0.2) is 4.79 Å². The molecule has 2 aromatic rings. The van der Waals surface area contributed by atoms with Gasteiger partial charge < -0.3 is 30.3 Å². The lowest BCUT2D eigenvalue weighted by Crippen LogP contribution is -2.47. The molecule has 0 bridgehead atoms. The van der Waals surface area contributed by atoms with Gasteiger partial charge in [0.05, 0.1) is 12.8 Å². The molecule has 0 radical (unpaired) electrons. The highest BCUT2D eigenvalue weighted by atomic mass is 35.5. The summed E-state index contributed by atoms with van der Waals surface area (Å²) in [5, 5.41) is 16.2.